The van der Waals surface area contributed by atoms with Gasteiger partial charge in [0.25, 0.3) is 0 Å². The van der Waals surface area contributed by atoms with E-state index in [2.05, 4.69) is 5.32 Å². The van der Waals surface area contributed by atoms with Crippen molar-refractivity contribution in [3.8, 4) is 0 Å². The number of hydrogen-bond acceptors (Lipinski definition) is 3. The van der Waals surface area contributed by atoms with Crippen molar-refractivity contribution in [2.45, 2.75) is 44.6 Å². The topological polar surface area (TPSA) is 38.3 Å². The van der Waals surface area contributed by atoms with E-state index in [1.807, 2.05) is 14.0 Å². The molecule has 0 spiro atoms. The molecule has 2 bridgehead atoms. The van der Waals surface area contributed by atoms with Crippen LogP contribution in [0.15, 0.2) is 0 Å². The molecule has 2 aliphatic rings. The number of ether oxygens (including phenoxy) is 1. The molecule has 0 heterocycles. The highest BCUT2D eigenvalue weighted by Gasteiger charge is 2.58. The van der Waals surface area contributed by atoms with E-state index in [-0.39, 0.29) is 16.9 Å². The van der Waals surface area contributed by atoms with Crippen LogP contribution in [0.25, 0.3) is 0 Å². The molecule has 0 aromatic rings. The Bertz CT molecular complexity index is 242. The van der Waals surface area contributed by atoms with Crippen LogP contribution in [0.2, 0.25) is 0 Å². The van der Waals surface area contributed by atoms with Gasteiger partial charge in [0, 0.05) is 5.54 Å². The number of rotatable bonds is 3. The highest BCUT2D eigenvalue weighted by molar-refractivity contribution is 5.78. The summed E-state index contributed by atoms with van der Waals surface area (Å²) in [6, 6.07) is 0. The molecule has 0 aliphatic heterocycles. The smallest absolute Gasteiger partial charge is 0.312 e. The van der Waals surface area contributed by atoms with Crippen LogP contribution in [0.3, 0.4) is 0 Å². The largest absolute Gasteiger partial charge is 0.466 e. The van der Waals surface area contributed by atoms with Crippen molar-refractivity contribution < 1.29 is 9.53 Å². The molecular weight excluding hydrogens is 178 g/mol. The minimum Gasteiger partial charge on any atom is -0.466 e. The molecule has 3 nitrogen and oxygen atoms in total. The van der Waals surface area contributed by atoms with Crippen LogP contribution in [0.1, 0.15) is 39.0 Å². The molecule has 0 amide bonds. The molecule has 0 radical (unpaired) electrons. The normalized spacial score (nSPS) is 40.1. The summed E-state index contributed by atoms with van der Waals surface area (Å²) in [7, 11) is 2.01. The molecule has 2 rings (SSSR count). The van der Waals surface area contributed by atoms with E-state index in [1.165, 1.54) is 0 Å². The number of carbonyl (C=O) groups is 1. The Kier molecular flexibility index (Phi) is 2.30. The van der Waals surface area contributed by atoms with Crippen molar-refractivity contribution in [3.63, 3.8) is 0 Å². The minimum atomic E-state index is -0.140. The Labute approximate surface area is 85.2 Å². The molecule has 2 saturated carbocycles. The van der Waals surface area contributed by atoms with Crippen molar-refractivity contribution >= 4 is 5.97 Å². The lowest BCUT2D eigenvalue weighted by molar-refractivity contribution is -0.154. The Morgan fingerprint density at radius 3 is 2.43 bits per heavy atom. The second kappa shape index (κ2) is 3.23. The number of fused-ring (bicyclic) bond motifs is 2. The van der Waals surface area contributed by atoms with Crippen LogP contribution in [-0.4, -0.2) is 25.2 Å². The highest BCUT2D eigenvalue weighted by Crippen LogP contribution is 2.56. The zero-order valence-corrected chi connectivity index (χ0v) is 9.06. The van der Waals surface area contributed by atoms with Gasteiger partial charge >= 0.3 is 5.97 Å². The summed E-state index contributed by atoms with van der Waals surface area (Å²) in [5.74, 6) is 0.0367. The van der Waals surface area contributed by atoms with Crippen LogP contribution in [0, 0.1) is 5.41 Å². The lowest BCUT2D eigenvalue weighted by Gasteiger charge is -2.26. The maximum atomic E-state index is 11.8. The summed E-state index contributed by atoms with van der Waals surface area (Å²) in [6.45, 7) is 2.39. The van der Waals surface area contributed by atoms with Crippen LogP contribution in [0.5, 0.6) is 0 Å². The summed E-state index contributed by atoms with van der Waals surface area (Å²) in [6.07, 6.45) is 5.25. The van der Waals surface area contributed by atoms with Crippen molar-refractivity contribution in [3.05, 3.63) is 0 Å². The van der Waals surface area contributed by atoms with Gasteiger partial charge in [-0.15, -0.1) is 0 Å². The maximum absolute atomic E-state index is 11.8. The van der Waals surface area contributed by atoms with Gasteiger partial charge in [-0.2, -0.15) is 0 Å². The van der Waals surface area contributed by atoms with E-state index in [1.54, 1.807) is 0 Å². The third-order valence-corrected chi connectivity index (χ3v) is 4.08. The molecule has 0 aromatic heterocycles. The quantitative estimate of drug-likeness (QED) is 0.696. The van der Waals surface area contributed by atoms with Gasteiger partial charge in [0.15, 0.2) is 0 Å². The number of carbonyl (C=O) groups excluding carboxylic acids is 1. The lowest BCUT2D eigenvalue weighted by Crippen LogP contribution is -2.37. The molecule has 0 saturated heterocycles. The van der Waals surface area contributed by atoms with Gasteiger partial charge in [-0.3, -0.25) is 4.79 Å². The average Bonchev–Trinajstić information content (AvgIpc) is 2.76. The minimum absolute atomic E-state index is 0.0367. The van der Waals surface area contributed by atoms with E-state index >= 15 is 0 Å². The molecule has 1 N–H and O–H groups in total. The molecule has 2 aliphatic carbocycles. The fourth-order valence-corrected chi connectivity index (χ4v) is 3.11. The zero-order valence-electron chi connectivity index (χ0n) is 9.06. The fraction of sp³-hybridized carbons (Fsp3) is 0.909. The van der Waals surface area contributed by atoms with Crippen molar-refractivity contribution in [2.24, 2.45) is 5.41 Å². The van der Waals surface area contributed by atoms with Crippen LogP contribution in [-0.2, 0) is 9.53 Å². The van der Waals surface area contributed by atoms with Gasteiger partial charge < -0.3 is 10.1 Å². The molecule has 0 aromatic carbocycles. The van der Waals surface area contributed by atoms with E-state index in [9.17, 15) is 4.79 Å². The van der Waals surface area contributed by atoms with Crippen LogP contribution >= 0.6 is 0 Å². The zero-order chi connectivity index (χ0) is 10.2. The van der Waals surface area contributed by atoms with Crippen LogP contribution < -0.4 is 5.32 Å². The van der Waals surface area contributed by atoms with Gasteiger partial charge in [0.2, 0.25) is 0 Å². The summed E-state index contributed by atoms with van der Waals surface area (Å²) >= 11 is 0. The van der Waals surface area contributed by atoms with Crippen molar-refractivity contribution in [1.29, 1.82) is 0 Å². The Balaban J connectivity index is 2.10. The third-order valence-electron chi connectivity index (χ3n) is 4.08. The van der Waals surface area contributed by atoms with E-state index in [0.29, 0.717) is 6.61 Å². The van der Waals surface area contributed by atoms with Crippen molar-refractivity contribution in [2.75, 3.05) is 13.7 Å². The Morgan fingerprint density at radius 1 is 1.36 bits per heavy atom. The molecule has 2 fully saturated rings. The second-order valence-electron chi connectivity index (χ2n) is 4.71. The lowest BCUT2D eigenvalue weighted by atomic mass is 9.84. The van der Waals surface area contributed by atoms with E-state index in [4.69, 9.17) is 4.74 Å². The average molecular weight is 197 g/mol. The van der Waals surface area contributed by atoms with Gasteiger partial charge in [-0.1, -0.05) is 0 Å². The third kappa shape index (κ3) is 1.26. The van der Waals surface area contributed by atoms with Gasteiger partial charge in [0.05, 0.1) is 12.0 Å². The molecule has 3 heteroatoms. The molecule has 0 atom stereocenters. The summed E-state index contributed by atoms with van der Waals surface area (Å²) in [4.78, 5) is 11.8. The second-order valence-corrected chi connectivity index (χ2v) is 4.71. The summed E-state index contributed by atoms with van der Waals surface area (Å²) in [5, 5.41) is 3.38. The standard InChI is InChI=1S/C11H19NO2/c1-3-14-9(13)10-4-6-11(8-10,12-2)7-5-10/h12H,3-8H2,1-2H3. The molecule has 0 unspecified atom stereocenters. The molecule has 14 heavy (non-hydrogen) atoms. The first kappa shape index (κ1) is 9.97. The van der Waals surface area contributed by atoms with E-state index in [0.717, 1.165) is 32.1 Å². The fourth-order valence-electron chi connectivity index (χ4n) is 3.11. The SMILES string of the molecule is CCOC(=O)C12CCC(NC)(CC1)C2. The van der Waals surface area contributed by atoms with Gasteiger partial charge in [0.1, 0.15) is 0 Å². The first-order valence-electron chi connectivity index (χ1n) is 5.53. The first-order valence-corrected chi connectivity index (χ1v) is 5.53. The Hall–Kier alpha value is -0.570. The Morgan fingerprint density at radius 2 is 2.00 bits per heavy atom. The summed E-state index contributed by atoms with van der Waals surface area (Å²) in [5.41, 5.74) is 0.103. The summed E-state index contributed by atoms with van der Waals surface area (Å²) < 4.78 is 5.17. The maximum Gasteiger partial charge on any atom is 0.312 e. The van der Waals surface area contributed by atoms with Gasteiger partial charge in [-0.25, -0.2) is 0 Å². The number of hydrogen-bond donors (Lipinski definition) is 1. The predicted octanol–water partition coefficient (Wildman–Crippen LogP) is 1.47. The molecular formula is C11H19NO2. The van der Waals surface area contributed by atoms with E-state index < -0.39 is 0 Å². The predicted molar refractivity (Wildman–Crippen MR) is 53.9 cm³/mol. The first-order chi connectivity index (χ1) is 6.66. The van der Waals surface area contributed by atoms with Crippen molar-refractivity contribution in [1.82, 2.24) is 5.32 Å². The number of esters is 1. The molecule has 80 valence electrons. The highest BCUT2D eigenvalue weighted by atomic mass is 16.5. The number of nitrogens with one attached hydrogen (secondary N) is 1. The van der Waals surface area contributed by atoms with Gasteiger partial charge in [-0.05, 0) is 46.1 Å². The monoisotopic (exact) mass is 197 g/mol. The van der Waals surface area contributed by atoms with Crippen LogP contribution in [0.4, 0.5) is 0 Å².